The first-order valence-electron chi connectivity index (χ1n) is 16.9. The molecule has 4 aromatic rings. The van der Waals surface area contributed by atoms with Gasteiger partial charge in [-0.25, -0.2) is 4.68 Å². The van der Waals surface area contributed by atoms with Crippen molar-refractivity contribution in [1.29, 1.82) is 0 Å². The van der Waals surface area contributed by atoms with Crippen LogP contribution in [0.15, 0.2) is 60.8 Å². The summed E-state index contributed by atoms with van der Waals surface area (Å²) >= 11 is 6.07. The smallest absolute Gasteiger partial charge is 0.429 e. The fraction of sp³-hybridized carbons (Fsp3) is 0.444. The molecule has 2 aromatic heterocycles. The van der Waals surface area contributed by atoms with Crippen molar-refractivity contribution in [1.82, 2.24) is 25.1 Å². The normalized spacial score (nSPS) is 19.9. The average Bonchev–Trinajstić information content (AvgIpc) is 3.86. The summed E-state index contributed by atoms with van der Waals surface area (Å²) < 4.78 is 57.5. The molecule has 1 saturated carbocycles. The Balaban J connectivity index is 1.10. The molecular formula is C36H39ClF3N7O3. The predicted molar refractivity (Wildman–Crippen MR) is 183 cm³/mol. The van der Waals surface area contributed by atoms with Gasteiger partial charge in [-0.1, -0.05) is 35.9 Å². The number of ether oxygens (including phenoxy) is 2. The van der Waals surface area contributed by atoms with Gasteiger partial charge in [-0.15, -0.1) is 0 Å². The number of hydrogen-bond donors (Lipinski definition) is 2. The number of carbonyl (C=O) groups excluding carboxylic acids is 1. The van der Waals surface area contributed by atoms with Crippen LogP contribution in [-0.4, -0.2) is 63.7 Å². The van der Waals surface area contributed by atoms with Gasteiger partial charge in [-0.2, -0.15) is 28.2 Å². The van der Waals surface area contributed by atoms with Gasteiger partial charge in [0.25, 0.3) is 0 Å². The fourth-order valence-corrected chi connectivity index (χ4v) is 7.47. The lowest BCUT2D eigenvalue weighted by Crippen LogP contribution is -2.41. The van der Waals surface area contributed by atoms with Crippen LogP contribution in [0, 0.1) is 12.3 Å². The van der Waals surface area contributed by atoms with Crippen LogP contribution in [0.1, 0.15) is 62.3 Å². The number of nitrogens with one attached hydrogen (secondary N) is 1. The summed E-state index contributed by atoms with van der Waals surface area (Å²) in [6, 6.07) is 14.5. The summed E-state index contributed by atoms with van der Waals surface area (Å²) in [6.45, 7) is 3.63. The lowest BCUT2D eigenvalue weighted by atomic mass is 9.76. The predicted octanol–water partition coefficient (Wildman–Crippen LogP) is 6.99. The van der Waals surface area contributed by atoms with Crippen LogP contribution < -0.4 is 20.7 Å². The van der Waals surface area contributed by atoms with Crippen molar-refractivity contribution in [3.8, 4) is 22.7 Å². The summed E-state index contributed by atoms with van der Waals surface area (Å²) in [7, 11) is 0. The quantitative estimate of drug-likeness (QED) is 0.187. The van der Waals surface area contributed by atoms with E-state index >= 15 is 0 Å². The number of carbonyl (C=O) groups is 1. The minimum absolute atomic E-state index is 0.0225. The number of aryl methyl sites for hydroxylation is 1. The Bertz CT molecular complexity index is 1840. The van der Waals surface area contributed by atoms with Gasteiger partial charge >= 0.3 is 12.1 Å². The van der Waals surface area contributed by atoms with Gasteiger partial charge < -0.3 is 25.4 Å². The van der Waals surface area contributed by atoms with E-state index in [1.807, 2.05) is 4.90 Å². The van der Waals surface area contributed by atoms with Gasteiger partial charge in [0.2, 0.25) is 17.9 Å². The molecule has 264 valence electrons. The lowest BCUT2D eigenvalue weighted by Gasteiger charge is -2.39. The van der Waals surface area contributed by atoms with E-state index in [-0.39, 0.29) is 46.6 Å². The van der Waals surface area contributed by atoms with E-state index in [4.69, 9.17) is 26.8 Å². The highest BCUT2D eigenvalue weighted by Crippen LogP contribution is 2.43. The Morgan fingerprint density at radius 1 is 1.04 bits per heavy atom. The molecule has 14 heteroatoms. The second-order valence-electron chi connectivity index (χ2n) is 13.6. The van der Waals surface area contributed by atoms with Crippen LogP contribution in [0.5, 0.6) is 5.88 Å². The number of nitrogen functional groups attached to an aromatic ring is 1. The molecule has 7 rings (SSSR count). The van der Waals surface area contributed by atoms with E-state index in [2.05, 4.69) is 20.4 Å². The van der Waals surface area contributed by atoms with Crippen molar-refractivity contribution >= 4 is 29.3 Å². The molecule has 0 amide bonds. The number of piperidine rings is 1. The molecule has 1 spiro atoms. The zero-order valence-electron chi connectivity index (χ0n) is 27.6. The number of aromatic nitrogens is 4. The molecule has 2 aromatic carbocycles. The summed E-state index contributed by atoms with van der Waals surface area (Å²) in [4.78, 5) is 23.2. The minimum Gasteiger partial charge on any atom is -0.461 e. The SMILES string of the molecule is Cc1ccn(-c2cc(-c3ccc(Cl)cc3)ccc2[C@@H](Oc2cc(N3CCC4(CC3)CN[C@H](C(=O)OC3CCCC3)C4)nc(N)n2)C(F)(F)F)n1. The van der Waals surface area contributed by atoms with Gasteiger partial charge in [0.15, 0.2) is 0 Å². The zero-order valence-corrected chi connectivity index (χ0v) is 28.4. The standard InChI is InChI=1S/C36H39ClF3N7O3/c1-22-12-15-47(45-22)29-18-24(23-6-9-25(37)10-7-23)8-11-27(29)32(36(38,39)40)50-31-19-30(43-34(41)44-31)46-16-13-35(14-17-46)20-28(42-21-35)33(48)49-26-4-2-3-5-26/h6-12,15,18-19,26,28,32,42H,2-5,13-14,16-17,20-21H2,1H3,(H2,41,43,44)/t28-,32+/m0/s1. The van der Waals surface area contributed by atoms with Crippen molar-refractivity contribution in [2.24, 2.45) is 5.41 Å². The zero-order chi connectivity index (χ0) is 35.0. The van der Waals surface area contributed by atoms with Crippen LogP contribution in [0.4, 0.5) is 24.9 Å². The van der Waals surface area contributed by atoms with Gasteiger partial charge in [-0.3, -0.25) is 4.79 Å². The monoisotopic (exact) mass is 709 g/mol. The third-order valence-corrected chi connectivity index (χ3v) is 10.3. The first kappa shape index (κ1) is 34.1. The molecule has 2 atom stereocenters. The van der Waals surface area contributed by atoms with Crippen LogP contribution >= 0.6 is 11.6 Å². The van der Waals surface area contributed by atoms with E-state index < -0.39 is 12.3 Å². The van der Waals surface area contributed by atoms with E-state index in [0.717, 1.165) is 44.1 Å². The Morgan fingerprint density at radius 3 is 2.44 bits per heavy atom. The number of halogens is 4. The molecule has 3 fully saturated rings. The molecule has 1 aliphatic carbocycles. The van der Waals surface area contributed by atoms with Crippen molar-refractivity contribution < 1.29 is 27.4 Å². The van der Waals surface area contributed by atoms with Gasteiger partial charge in [0, 0.05) is 42.5 Å². The van der Waals surface area contributed by atoms with Crippen LogP contribution in [0.25, 0.3) is 16.8 Å². The Kier molecular flexibility index (Phi) is 9.38. The second kappa shape index (κ2) is 13.7. The van der Waals surface area contributed by atoms with Crippen LogP contribution in [0.2, 0.25) is 5.02 Å². The summed E-state index contributed by atoms with van der Waals surface area (Å²) in [5.41, 5.74) is 8.13. The maximum atomic E-state index is 14.9. The molecule has 2 saturated heterocycles. The molecule has 2 aliphatic heterocycles. The first-order valence-corrected chi connectivity index (χ1v) is 17.3. The molecular weight excluding hydrogens is 671 g/mol. The number of benzene rings is 2. The highest BCUT2D eigenvalue weighted by atomic mass is 35.5. The molecule has 0 bridgehead atoms. The maximum Gasteiger partial charge on any atom is 0.429 e. The van der Waals surface area contributed by atoms with E-state index in [1.54, 1.807) is 55.6 Å². The van der Waals surface area contributed by atoms with Crippen LogP contribution in [-0.2, 0) is 9.53 Å². The third kappa shape index (κ3) is 7.39. The van der Waals surface area contributed by atoms with Gasteiger partial charge in [-0.05, 0) is 92.7 Å². The number of nitrogens with two attached hydrogens (primary N) is 1. The fourth-order valence-electron chi connectivity index (χ4n) is 7.34. The minimum atomic E-state index is -4.82. The van der Waals surface area contributed by atoms with Gasteiger partial charge in [0.1, 0.15) is 18.0 Å². The van der Waals surface area contributed by atoms with Gasteiger partial charge in [0.05, 0.1) is 11.4 Å². The van der Waals surface area contributed by atoms with Crippen molar-refractivity contribution in [3.63, 3.8) is 0 Å². The molecule has 3 aliphatic rings. The molecule has 50 heavy (non-hydrogen) atoms. The number of nitrogens with zero attached hydrogens (tertiary/aromatic N) is 5. The topological polar surface area (TPSA) is 120 Å². The van der Waals surface area contributed by atoms with Crippen LogP contribution in [0.3, 0.4) is 0 Å². The lowest BCUT2D eigenvalue weighted by molar-refractivity contribution is -0.198. The van der Waals surface area contributed by atoms with Crippen molar-refractivity contribution in [3.05, 3.63) is 77.1 Å². The summed E-state index contributed by atoms with van der Waals surface area (Å²) in [5, 5.41) is 8.33. The number of alkyl halides is 3. The number of esters is 1. The van der Waals surface area contributed by atoms with Crippen molar-refractivity contribution in [2.45, 2.75) is 76.3 Å². The average molecular weight is 710 g/mol. The summed E-state index contributed by atoms with van der Waals surface area (Å²) in [5.74, 6) is -0.285. The largest absolute Gasteiger partial charge is 0.461 e. The second-order valence-corrected chi connectivity index (χ2v) is 14.0. The van der Waals surface area contributed by atoms with E-state index in [0.29, 0.717) is 48.2 Å². The Labute approximate surface area is 293 Å². The third-order valence-electron chi connectivity index (χ3n) is 10.1. The maximum absolute atomic E-state index is 14.9. The molecule has 4 heterocycles. The Hall–Kier alpha value is -4.36. The van der Waals surface area contributed by atoms with Crippen molar-refractivity contribution in [2.75, 3.05) is 30.3 Å². The number of hydrogen-bond acceptors (Lipinski definition) is 9. The molecule has 10 nitrogen and oxygen atoms in total. The highest BCUT2D eigenvalue weighted by Gasteiger charge is 2.46. The first-order chi connectivity index (χ1) is 23.9. The van der Waals surface area contributed by atoms with E-state index in [9.17, 15) is 18.0 Å². The molecule has 3 N–H and O–H groups in total. The number of rotatable bonds is 8. The molecule has 0 radical (unpaired) electrons. The Morgan fingerprint density at radius 2 is 1.76 bits per heavy atom. The van der Waals surface area contributed by atoms with E-state index in [1.165, 1.54) is 16.8 Å². The summed E-state index contributed by atoms with van der Waals surface area (Å²) in [6.07, 6.45) is 0.696. The number of anilines is 2. The molecule has 0 unspecified atom stereocenters. The highest BCUT2D eigenvalue weighted by molar-refractivity contribution is 6.30.